The van der Waals surface area contributed by atoms with Gasteiger partial charge in [0.15, 0.2) is 17.5 Å². The molecule has 3 aliphatic heterocycles. The molecule has 0 saturated carbocycles. The number of phenolic OH excluding ortho intramolecular Hbond substituents is 1. The van der Waals surface area contributed by atoms with Crippen LogP contribution >= 0.6 is 0 Å². The molecule has 3 aliphatic rings. The highest BCUT2D eigenvalue weighted by Crippen LogP contribution is 2.42. The largest absolute Gasteiger partial charge is 0.504 e. The third kappa shape index (κ3) is 5.64. The highest BCUT2D eigenvalue weighted by Gasteiger charge is 2.45. The van der Waals surface area contributed by atoms with Crippen LogP contribution in [0.15, 0.2) is 41.1 Å². The smallest absolute Gasteiger partial charge is 0.354 e. The van der Waals surface area contributed by atoms with Crippen LogP contribution in [0.25, 0.3) is 0 Å². The zero-order chi connectivity index (χ0) is 29.3. The van der Waals surface area contributed by atoms with E-state index >= 15 is 0 Å². The molecule has 40 heavy (non-hydrogen) atoms. The molecule has 0 radical (unpaired) electrons. The SMILES string of the molecule is COC(=O)[C@@H]1CC(/C=C/N2c3cc(O)c(O[C@@H]4O[C@H](CO)[C@@H](O)[C@H](O)[C@H]4O)cc3C[C@H]2C(=O)O)=CC(C(=O)O)=N1. The molecule has 1 aromatic rings. The second-order valence-corrected chi connectivity index (χ2v) is 9.33. The van der Waals surface area contributed by atoms with E-state index in [1.807, 2.05) is 0 Å². The number of hydrogen-bond donors (Lipinski definition) is 7. The van der Waals surface area contributed by atoms with Crippen LogP contribution in [0.4, 0.5) is 5.69 Å². The number of carbonyl (C=O) groups excluding carboxylic acids is 1. The van der Waals surface area contributed by atoms with Gasteiger partial charge >= 0.3 is 17.9 Å². The lowest BCUT2D eigenvalue weighted by atomic mass is 9.99. The van der Waals surface area contributed by atoms with Gasteiger partial charge in [0.1, 0.15) is 36.2 Å². The predicted molar refractivity (Wildman–Crippen MR) is 133 cm³/mol. The van der Waals surface area contributed by atoms with Crippen LogP contribution in [-0.2, 0) is 30.3 Å². The van der Waals surface area contributed by atoms with Crippen molar-refractivity contribution in [3.8, 4) is 11.5 Å². The summed E-state index contributed by atoms with van der Waals surface area (Å²) in [5.41, 5.74) is 0.709. The number of allylic oxidation sites excluding steroid dienone is 1. The Morgan fingerprint density at radius 1 is 1.12 bits per heavy atom. The first-order valence-electron chi connectivity index (χ1n) is 12.1. The minimum Gasteiger partial charge on any atom is -0.504 e. The Morgan fingerprint density at radius 3 is 2.48 bits per heavy atom. The van der Waals surface area contributed by atoms with Crippen molar-refractivity contribution in [2.75, 3.05) is 18.6 Å². The Kier molecular flexibility index (Phi) is 8.41. The number of ether oxygens (including phenoxy) is 3. The number of anilines is 1. The van der Waals surface area contributed by atoms with Gasteiger partial charge < -0.3 is 54.9 Å². The quantitative estimate of drug-likeness (QED) is 0.174. The van der Waals surface area contributed by atoms with E-state index in [2.05, 4.69) is 9.73 Å². The van der Waals surface area contributed by atoms with Crippen LogP contribution < -0.4 is 9.64 Å². The molecule has 1 fully saturated rings. The molecule has 0 aliphatic carbocycles. The molecule has 3 heterocycles. The zero-order valence-corrected chi connectivity index (χ0v) is 21.0. The molecule has 0 unspecified atom stereocenters. The number of aliphatic carboxylic acids is 2. The molecule has 0 aromatic heterocycles. The average molecular weight is 565 g/mol. The maximum Gasteiger partial charge on any atom is 0.354 e. The number of aromatic hydroxyl groups is 1. The molecule has 0 spiro atoms. The highest BCUT2D eigenvalue weighted by atomic mass is 16.7. The van der Waals surface area contributed by atoms with Gasteiger partial charge in [0, 0.05) is 30.8 Å². The Balaban J connectivity index is 1.60. The number of carboxylic acids is 2. The number of dihydropyridines is 1. The number of carboxylic acid groups (broad SMARTS) is 2. The van der Waals surface area contributed by atoms with Crippen LogP contribution in [0.3, 0.4) is 0 Å². The molecule has 7 N–H and O–H groups in total. The van der Waals surface area contributed by atoms with E-state index < -0.39 is 73.1 Å². The first-order chi connectivity index (χ1) is 18.9. The predicted octanol–water partition coefficient (Wildman–Crippen LogP) is -1.70. The van der Waals surface area contributed by atoms with E-state index in [1.165, 1.54) is 35.4 Å². The average Bonchev–Trinajstić information content (AvgIpc) is 3.28. The third-order valence-electron chi connectivity index (χ3n) is 6.75. The summed E-state index contributed by atoms with van der Waals surface area (Å²) in [6.07, 6.45) is -3.81. The number of esters is 1. The van der Waals surface area contributed by atoms with E-state index in [0.29, 0.717) is 11.1 Å². The van der Waals surface area contributed by atoms with Crippen LogP contribution in [-0.4, -0.2) is 116 Å². The number of phenols is 1. The summed E-state index contributed by atoms with van der Waals surface area (Å²) in [5, 5.41) is 69.4. The monoisotopic (exact) mass is 564 g/mol. The van der Waals surface area contributed by atoms with Crippen molar-refractivity contribution in [1.29, 1.82) is 0 Å². The molecule has 15 nitrogen and oxygen atoms in total. The summed E-state index contributed by atoms with van der Waals surface area (Å²) in [5.74, 6) is -3.97. The van der Waals surface area contributed by atoms with Crippen LogP contribution in [0.5, 0.6) is 11.5 Å². The molecule has 1 saturated heterocycles. The summed E-state index contributed by atoms with van der Waals surface area (Å²) >= 11 is 0. The number of aliphatic hydroxyl groups excluding tert-OH is 4. The van der Waals surface area contributed by atoms with Crippen LogP contribution in [0.1, 0.15) is 12.0 Å². The van der Waals surface area contributed by atoms with Crippen molar-refractivity contribution in [1.82, 2.24) is 0 Å². The zero-order valence-electron chi connectivity index (χ0n) is 21.0. The third-order valence-corrected chi connectivity index (χ3v) is 6.75. The van der Waals surface area contributed by atoms with Gasteiger partial charge in [0.05, 0.1) is 13.7 Å². The number of nitrogens with zero attached hydrogens (tertiary/aromatic N) is 2. The van der Waals surface area contributed by atoms with Crippen molar-refractivity contribution in [2.24, 2.45) is 4.99 Å². The summed E-state index contributed by atoms with van der Waals surface area (Å²) in [6.45, 7) is -0.681. The van der Waals surface area contributed by atoms with E-state index in [-0.39, 0.29) is 30.0 Å². The van der Waals surface area contributed by atoms with Crippen molar-refractivity contribution >= 4 is 29.3 Å². The van der Waals surface area contributed by atoms with Crippen molar-refractivity contribution < 1.29 is 64.3 Å². The minimum absolute atomic E-state index is 0.00944. The Morgan fingerprint density at radius 2 is 1.85 bits per heavy atom. The molecular formula is C25H28N2O13. The number of aliphatic imine (C=N–C) groups is 1. The topological polar surface area (TPSA) is 236 Å². The fraction of sp³-hybridized carbons (Fsp3) is 0.440. The van der Waals surface area contributed by atoms with Gasteiger partial charge in [-0.2, -0.15) is 0 Å². The summed E-state index contributed by atoms with van der Waals surface area (Å²) in [7, 11) is 1.15. The second kappa shape index (κ2) is 11.6. The van der Waals surface area contributed by atoms with Crippen LogP contribution in [0, 0.1) is 0 Å². The van der Waals surface area contributed by atoms with E-state index in [1.54, 1.807) is 0 Å². The van der Waals surface area contributed by atoms with Crippen molar-refractivity contribution in [3.63, 3.8) is 0 Å². The van der Waals surface area contributed by atoms with Crippen molar-refractivity contribution in [2.45, 2.75) is 55.6 Å². The fourth-order valence-corrected chi connectivity index (χ4v) is 4.64. The number of benzene rings is 1. The molecule has 7 atom stereocenters. The lowest BCUT2D eigenvalue weighted by molar-refractivity contribution is -0.277. The van der Waals surface area contributed by atoms with Gasteiger partial charge in [-0.1, -0.05) is 0 Å². The number of carbonyl (C=O) groups is 3. The maximum absolute atomic E-state index is 12.0. The Bertz CT molecular complexity index is 1270. The molecule has 0 amide bonds. The molecule has 15 heteroatoms. The first kappa shape index (κ1) is 29.0. The molecule has 4 rings (SSSR count). The minimum atomic E-state index is -1.73. The first-order valence-corrected chi connectivity index (χ1v) is 12.1. The van der Waals surface area contributed by atoms with Gasteiger partial charge in [0.25, 0.3) is 0 Å². The van der Waals surface area contributed by atoms with Gasteiger partial charge in [-0.3, -0.25) is 4.99 Å². The van der Waals surface area contributed by atoms with E-state index in [9.17, 15) is 50.1 Å². The number of fused-ring (bicyclic) bond motifs is 1. The van der Waals surface area contributed by atoms with E-state index in [4.69, 9.17) is 9.47 Å². The standard InChI is InChI=1S/C25H28N2O13/c1-38-24(37)13-5-10(4-12(26-13)22(33)34)2-3-27-14-8-16(29)17(7-11(14)6-15(27)23(35)36)39-25-21(32)20(31)19(30)18(9-28)40-25/h2-4,7-8,13,15,18-21,25,28-32H,5-6,9H2,1H3,(H,33,34)(H,35,36)/b3-2+/t13-,15-,18+,19+,20-,21+,25+/m0/s1. The van der Waals surface area contributed by atoms with Crippen molar-refractivity contribution in [3.05, 3.63) is 41.6 Å². The summed E-state index contributed by atoms with van der Waals surface area (Å²) in [6, 6.07) is 0.339. The number of rotatable bonds is 8. The Hall–Kier alpha value is -4.02. The molecule has 1 aromatic carbocycles. The van der Waals surface area contributed by atoms with Gasteiger partial charge in [-0.05, 0) is 29.4 Å². The molecule has 216 valence electrons. The fourth-order valence-electron chi connectivity index (χ4n) is 4.64. The number of methoxy groups -OCH3 is 1. The second-order valence-electron chi connectivity index (χ2n) is 9.33. The highest BCUT2D eigenvalue weighted by molar-refractivity contribution is 6.41. The normalized spacial score (nSPS) is 29.9. The number of hydrogen-bond acceptors (Lipinski definition) is 13. The van der Waals surface area contributed by atoms with Gasteiger partial charge in [-0.15, -0.1) is 0 Å². The molecule has 0 bridgehead atoms. The number of aliphatic hydroxyl groups is 4. The maximum atomic E-state index is 12.0. The van der Waals surface area contributed by atoms with Gasteiger partial charge in [0.2, 0.25) is 6.29 Å². The lowest BCUT2D eigenvalue weighted by Crippen LogP contribution is -2.60. The summed E-state index contributed by atoms with van der Waals surface area (Å²) in [4.78, 5) is 40.7. The van der Waals surface area contributed by atoms with E-state index in [0.717, 1.165) is 7.11 Å². The van der Waals surface area contributed by atoms with Crippen LogP contribution in [0.2, 0.25) is 0 Å². The summed E-state index contributed by atoms with van der Waals surface area (Å²) < 4.78 is 15.5. The van der Waals surface area contributed by atoms with Gasteiger partial charge in [-0.25, -0.2) is 14.4 Å². The Labute approximate surface area is 226 Å². The lowest BCUT2D eigenvalue weighted by Gasteiger charge is -2.39. The molecular weight excluding hydrogens is 536 g/mol.